The van der Waals surface area contributed by atoms with Gasteiger partial charge in [0.25, 0.3) is 0 Å². The van der Waals surface area contributed by atoms with Crippen molar-refractivity contribution in [2.45, 2.75) is 13.2 Å². The van der Waals surface area contributed by atoms with E-state index in [4.69, 9.17) is 9.15 Å². The quantitative estimate of drug-likeness (QED) is 0.484. The molecule has 6 heteroatoms. The summed E-state index contributed by atoms with van der Waals surface area (Å²) in [5.74, 6) is 0.931. The van der Waals surface area contributed by atoms with Crippen molar-refractivity contribution in [2.75, 3.05) is 0 Å². The minimum atomic E-state index is -0.220. The summed E-state index contributed by atoms with van der Waals surface area (Å²) in [6.07, 6.45) is 4.71. The lowest BCUT2D eigenvalue weighted by atomic mass is 10.2. The summed E-state index contributed by atoms with van der Waals surface area (Å²) in [5.41, 5.74) is 3.30. The van der Waals surface area contributed by atoms with Crippen LogP contribution in [0.25, 0.3) is 17.2 Å². The molecule has 0 atom stereocenters. The van der Waals surface area contributed by atoms with Crippen LogP contribution in [0.1, 0.15) is 17.1 Å². The van der Waals surface area contributed by atoms with Crippen LogP contribution in [0.3, 0.4) is 0 Å². The van der Waals surface area contributed by atoms with Gasteiger partial charge in [0.05, 0.1) is 5.69 Å². The van der Waals surface area contributed by atoms with Crippen LogP contribution in [0.4, 0.5) is 0 Å². The molecule has 0 aliphatic carbocycles. The number of fused-ring (bicyclic) bond motifs is 1. The van der Waals surface area contributed by atoms with Crippen LogP contribution >= 0.6 is 0 Å². The van der Waals surface area contributed by atoms with Gasteiger partial charge in [0.1, 0.15) is 17.9 Å². The molecular weight excluding hydrogens is 366 g/mol. The van der Waals surface area contributed by atoms with E-state index in [1.165, 1.54) is 6.08 Å². The van der Waals surface area contributed by atoms with Gasteiger partial charge in [-0.1, -0.05) is 30.3 Å². The smallest absolute Gasteiger partial charge is 0.244 e. The maximum Gasteiger partial charge on any atom is 0.244 e. The Labute approximate surface area is 167 Å². The van der Waals surface area contributed by atoms with Crippen molar-refractivity contribution < 1.29 is 13.9 Å². The van der Waals surface area contributed by atoms with E-state index in [2.05, 4.69) is 15.3 Å². The van der Waals surface area contributed by atoms with E-state index >= 15 is 0 Å². The molecule has 1 amide bonds. The highest BCUT2D eigenvalue weighted by Gasteiger charge is 2.03. The summed E-state index contributed by atoms with van der Waals surface area (Å²) in [6.45, 7) is 0.828. The molecule has 2 heterocycles. The standard InChI is InChI=1S/C23H19N3O3/c27-22(12-13-23-26-20-6-1-2-7-21(20)29-23)25-15-17-8-10-19(11-9-17)28-16-18-5-3-4-14-24-18/h1-14H,15-16H2,(H,25,27)/b13-12+. The Bertz CT molecular complexity index is 1090. The van der Waals surface area contributed by atoms with Crippen molar-refractivity contribution >= 4 is 23.1 Å². The van der Waals surface area contributed by atoms with E-state index < -0.39 is 0 Å². The Morgan fingerprint density at radius 1 is 1.03 bits per heavy atom. The first kappa shape index (κ1) is 18.4. The highest BCUT2D eigenvalue weighted by atomic mass is 16.5. The van der Waals surface area contributed by atoms with Crippen LogP contribution in [0.2, 0.25) is 0 Å². The fraction of sp³-hybridized carbons (Fsp3) is 0.0870. The minimum Gasteiger partial charge on any atom is -0.487 e. The third-order valence-corrected chi connectivity index (χ3v) is 4.19. The first-order valence-corrected chi connectivity index (χ1v) is 9.19. The Morgan fingerprint density at radius 2 is 1.86 bits per heavy atom. The molecule has 2 aromatic carbocycles. The second-order valence-electron chi connectivity index (χ2n) is 6.32. The second kappa shape index (κ2) is 8.84. The number of hydrogen-bond acceptors (Lipinski definition) is 5. The van der Waals surface area contributed by atoms with Gasteiger partial charge in [-0.15, -0.1) is 0 Å². The van der Waals surface area contributed by atoms with Crippen LogP contribution in [0.15, 0.2) is 83.4 Å². The number of aromatic nitrogens is 2. The molecule has 4 rings (SSSR count). The van der Waals surface area contributed by atoms with E-state index in [0.29, 0.717) is 24.6 Å². The number of nitrogens with one attached hydrogen (secondary N) is 1. The van der Waals surface area contributed by atoms with Crippen LogP contribution in [0, 0.1) is 0 Å². The number of nitrogens with zero attached hydrogens (tertiary/aromatic N) is 2. The predicted molar refractivity (Wildman–Crippen MR) is 110 cm³/mol. The number of ether oxygens (including phenoxy) is 1. The number of oxazole rings is 1. The van der Waals surface area contributed by atoms with E-state index in [0.717, 1.165) is 22.5 Å². The van der Waals surface area contributed by atoms with Crippen molar-refractivity contribution in [1.82, 2.24) is 15.3 Å². The molecule has 0 saturated heterocycles. The molecule has 0 spiro atoms. The van der Waals surface area contributed by atoms with E-state index in [1.807, 2.05) is 66.7 Å². The lowest BCUT2D eigenvalue weighted by Gasteiger charge is -2.07. The van der Waals surface area contributed by atoms with Gasteiger partial charge in [0.2, 0.25) is 11.8 Å². The summed E-state index contributed by atoms with van der Waals surface area (Å²) in [5, 5.41) is 2.83. The molecule has 0 fully saturated rings. The average Bonchev–Trinajstić information content (AvgIpc) is 3.19. The lowest BCUT2D eigenvalue weighted by molar-refractivity contribution is -0.116. The van der Waals surface area contributed by atoms with Crippen LogP contribution in [-0.2, 0) is 17.9 Å². The molecule has 0 radical (unpaired) electrons. The number of carbonyl (C=O) groups is 1. The van der Waals surface area contributed by atoms with Crippen molar-refractivity contribution in [1.29, 1.82) is 0 Å². The number of hydrogen-bond donors (Lipinski definition) is 1. The van der Waals surface area contributed by atoms with Crippen LogP contribution in [-0.4, -0.2) is 15.9 Å². The van der Waals surface area contributed by atoms with Gasteiger partial charge >= 0.3 is 0 Å². The summed E-state index contributed by atoms with van der Waals surface area (Å²) in [4.78, 5) is 20.6. The SMILES string of the molecule is O=C(/C=C/c1nc2ccccc2o1)NCc1ccc(OCc2ccccn2)cc1. The van der Waals surface area contributed by atoms with Crippen molar-refractivity contribution in [3.05, 3.63) is 96.2 Å². The molecule has 0 aliphatic heterocycles. The van der Waals surface area contributed by atoms with E-state index in [-0.39, 0.29) is 5.91 Å². The Morgan fingerprint density at radius 3 is 2.66 bits per heavy atom. The van der Waals surface area contributed by atoms with Gasteiger partial charge in [0.15, 0.2) is 5.58 Å². The topological polar surface area (TPSA) is 77.2 Å². The summed E-state index contributed by atoms with van der Waals surface area (Å²) in [7, 11) is 0. The van der Waals surface area contributed by atoms with Gasteiger partial charge < -0.3 is 14.5 Å². The first-order chi connectivity index (χ1) is 14.3. The molecule has 0 unspecified atom stereocenters. The molecule has 0 aliphatic rings. The highest BCUT2D eigenvalue weighted by Crippen LogP contribution is 2.16. The zero-order valence-corrected chi connectivity index (χ0v) is 15.6. The van der Waals surface area contributed by atoms with Crippen molar-refractivity contribution in [3.8, 4) is 5.75 Å². The fourth-order valence-corrected chi connectivity index (χ4v) is 2.70. The molecule has 144 valence electrons. The average molecular weight is 385 g/mol. The Hall–Kier alpha value is -3.93. The normalized spacial score (nSPS) is 11.0. The maximum atomic E-state index is 12.0. The number of rotatable bonds is 7. The zero-order chi connectivity index (χ0) is 19.9. The van der Waals surface area contributed by atoms with Gasteiger partial charge in [-0.3, -0.25) is 9.78 Å². The van der Waals surface area contributed by atoms with Crippen LogP contribution < -0.4 is 10.1 Å². The minimum absolute atomic E-state index is 0.220. The lowest BCUT2D eigenvalue weighted by Crippen LogP contribution is -2.20. The second-order valence-corrected chi connectivity index (χ2v) is 6.32. The number of carbonyl (C=O) groups excluding carboxylic acids is 1. The first-order valence-electron chi connectivity index (χ1n) is 9.19. The molecular formula is C23H19N3O3. The summed E-state index contributed by atoms with van der Waals surface area (Å²) >= 11 is 0. The summed E-state index contributed by atoms with van der Waals surface area (Å²) < 4.78 is 11.3. The molecule has 4 aromatic rings. The third kappa shape index (κ3) is 5.07. The highest BCUT2D eigenvalue weighted by molar-refractivity contribution is 5.91. The Balaban J connectivity index is 1.26. The third-order valence-electron chi connectivity index (χ3n) is 4.19. The number of benzene rings is 2. The summed E-state index contributed by atoms with van der Waals surface area (Å²) in [6, 6.07) is 20.8. The van der Waals surface area contributed by atoms with Gasteiger partial charge in [-0.25, -0.2) is 4.98 Å². The molecule has 0 saturated carbocycles. The van der Waals surface area contributed by atoms with E-state index in [1.54, 1.807) is 12.3 Å². The number of para-hydroxylation sites is 2. The van der Waals surface area contributed by atoms with Gasteiger partial charge in [-0.2, -0.15) is 0 Å². The largest absolute Gasteiger partial charge is 0.487 e. The molecule has 0 bridgehead atoms. The molecule has 6 nitrogen and oxygen atoms in total. The maximum absolute atomic E-state index is 12.0. The molecule has 1 N–H and O–H groups in total. The van der Waals surface area contributed by atoms with Crippen LogP contribution in [0.5, 0.6) is 5.75 Å². The molecule has 2 aromatic heterocycles. The monoisotopic (exact) mass is 385 g/mol. The molecule has 29 heavy (non-hydrogen) atoms. The zero-order valence-electron chi connectivity index (χ0n) is 15.6. The van der Waals surface area contributed by atoms with Crippen molar-refractivity contribution in [3.63, 3.8) is 0 Å². The predicted octanol–water partition coefficient (Wildman–Crippen LogP) is 4.13. The van der Waals surface area contributed by atoms with E-state index in [9.17, 15) is 4.79 Å². The van der Waals surface area contributed by atoms with Gasteiger partial charge in [0, 0.05) is 24.9 Å². The number of amides is 1. The fourth-order valence-electron chi connectivity index (χ4n) is 2.70. The van der Waals surface area contributed by atoms with Crippen molar-refractivity contribution in [2.24, 2.45) is 0 Å². The Kier molecular flexibility index (Phi) is 5.62. The number of pyridine rings is 1. The van der Waals surface area contributed by atoms with Gasteiger partial charge in [-0.05, 0) is 42.0 Å².